The second-order valence-corrected chi connectivity index (χ2v) is 3.56. The van der Waals surface area contributed by atoms with E-state index in [0.717, 1.165) is 0 Å². The molecule has 0 unspecified atom stereocenters. The lowest BCUT2D eigenvalue weighted by molar-refractivity contribution is -0.137. The van der Waals surface area contributed by atoms with Crippen molar-refractivity contribution in [2.45, 2.75) is 13.5 Å². The average Bonchev–Trinajstić information content (AvgIpc) is 2.81. The molecule has 0 saturated heterocycles. The molecule has 0 radical (unpaired) electrons. The summed E-state index contributed by atoms with van der Waals surface area (Å²) < 4.78 is 1.63. The second kappa shape index (κ2) is 6.99. The van der Waals surface area contributed by atoms with Gasteiger partial charge in [0, 0.05) is 12.7 Å². The minimum absolute atomic E-state index is 0.305. The maximum atomic E-state index is 11.4. The Labute approximate surface area is 109 Å². The number of urea groups is 1. The summed E-state index contributed by atoms with van der Waals surface area (Å²) in [5, 5.41) is 19.2. The van der Waals surface area contributed by atoms with Crippen LogP contribution < -0.4 is 16.0 Å². The van der Waals surface area contributed by atoms with Crippen LogP contribution in [0.25, 0.3) is 0 Å². The third-order valence-corrected chi connectivity index (χ3v) is 2.06. The lowest BCUT2D eigenvalue weighted by Crippen LogP contribution is -2.40. The normalized spacial score (nSPS) is 9.74. The number of nitrogens with zero attached hydrogens (tertiary/aromatic N) is 2. The molecule has 1 rings (SSSR count). The smallest absolute Gasteiger partial charge is 0.322 e. The third-order valence-electron chi connectivity index (χ3n) is 2.06. The van der Waals surface area contributed by atoms with Gasteiger partial charge in [0.2, 0.25) is 5.91 Å². The third kappa shape index (κ3) is 5.52. The Morgan fingerprint density at radius 3 is 2.63 bits per heavy atom. The highest BCUT2D eigenvalue weighted by Gasteiger charge is 2.07. The van der Waals surface area contributed by atoms with Gasteiger partial charge in [-0.1, -0.05) is 0 Å². The summed E-state index contributed by atoms with van der Waals surface area (Å²) >= 11 is 0. The van der Waals surface area contributed by atoms with E-state index in [0.29, 0.717) is 12.2 Å². The quantitative estimate of drug-likeness (QED) is 0.539. The predicted molar refractivity (Wildman–Crippen MR) is 65.6 cm³/mol. The van der Waals surface area contributed by atoms with Gasteiger partial charge in [0.25, 0.3) is 0 Å². The Kier molecular flexibility index (Phi) is 5.33. The van der Waals surface area contributed by atoms with Gasteiger partial charge in [-0.15, -0.1) is 0 Å². The van der Waals surface area contributed by atoms with Crippen LogP contribution in [0.3, 0.4) is 0 Å². The molecule has 1 aromatic rings. The number of anilines is 1. The molecule has 0 saturated carbocycles. The molecule has 1 heterocycles. The summed E-state index contributed by atoms with van der Waals surface area (Å²) in [6.07, 6.45) is 3.12. The van der Waals surface area contributed by atoms with Crippen LogP contribution in [0.2, 0.25) is 0 Å². The number of aromatic nitrogens is 2. The molecule has 0 aliphatic carbocycles. The number of hydrogen-bond acceptors (Lipinski definition) is 4. The van der Waals surface area contributed by atoms with Crippen molar-refractivity contribution in [2.75, 3.05) is 18.4 Å². The largest absolute Gasteiger partial charge is 0.480 e. The Morgan fingerprint density at radius 2 is 2.05 bits per heavy atom. The molecule has 9 heteroatoms. The maximum absolute atomic E-state index is 11.4. The van der Waals surface area contributed by atoms with Crippen molar-refractivity contribution >= 4 is 23.6 Å². The number of rotatable bonds is 6. The fourth-order valence-electron chi connectivity index (χ4n) is 1.17. The molecule has 0 atom stereocenters. The number of carboxylic acids is 1. The van der Waals surface area contributed by atoms with E-state index >= 15 is 0 Å². The Morgan fingerprint density at radius 1 is 1.32 bits per heavy atom. The van der Waals surface area contributed by atoms with Gasteiger partial charge >= 0.3 is 12.0 Å². The second-order valence-electron chi connectivity index (χ2n) is 3.56. The van der Waals surface area contributed by atoms with Crippen molar-refractivity contribution in [3.05, 3.63) is 12.4 Å². The molecule has 0 aromatic carbocycles. The van der Waals surface area contributed by atoms with Gasteiger partial charge in [-0.05, 0) is 6.92 Å². The highest BCUT2D eigenvalue weighted by atomic mass is 16.4. The fraction of sp³-hybridized carbons (Fsp3) is 0.400. The number of amides is 3. The summed E-state index contributed by atoms with van der Waals surface area (Å²) in [5.41, 5.74) is 0.505. The van der Waals surface area contributed by atoms with Crippen molar-refractivity contribution in [1.29, 1.82) is 0 Å². The molecular formula is C10H15N5O4. The van der Waals surface area contributed by atoms with Gasteiger partial charge in [-0.3, -0.25) is 14.3 Å². The summed E-state index contributed by atoms with van der Waals surface area (Å²) in [6, 6.07) is -0.568. The van der Waals surface area contributed by atoms with E-state index in [1.807, 2.05) is 6.92 Å². The first-order chi connectivity index (χ1) is 9.01. The number of carbonyl (C=O) groups is 3. The van der Waals surface area contributed by atoms with Gasteiger partial charge in [0.15, 0.2) is 0 Å². The van der Waals surface area contributed by atoms with E-state index < -0.39 is 24.5 Å². The van der Waals surface area contributed by atoms with Gasteiger partial charge in [0.05, 0.1) is 18.4 Å². The van der Waals surface area contributed by atoms with Gasteiger partial charge in [0.1, 0.15) is 6.54 Å². The summed E-state index contributed by atoms with van der Waals surface area (Å²) in [5.74, 6) is -1.73. The molecule has 0 spiro atoms. The first-order valence-electron chi connectivity index (χ1n) is 5.57. The fourth-order valence-corrected chi connectivity index (χ4v) is 1.17. The van der Waals surface area contributed by atoms with Crippen molar-refractivity contribution in [3.8, 4) is 0 Å². The molecule has 0 aliphatic heterocycles. The minimum Gasteiger partial charge on any atom is -0.480 e. The van der Waals surface area contributed by atoms with Gasteiger partial charge in [-0.2, -0.15) is 5.10 Å². The summed E-state index contributed by atoms with van der Waals surface area (Å²) in [6.45, 7) is 1.80. The van der Waals surface area contributed by atoms with Crippen molar-refractivity contribution in [1.82, 2.24) is 20.4 Å². The standard InChI is InChI=1S/C10H15N5O4/c1-2-15-6-7(3-13-15)14-10(19)12-4-8(16)11-5-9(17)18/h3,6H,2,4-5H2,1H3,(H,11,16)(H,17,18)(H2,12,14,19). The van der Waals surface area contributed by atoms with Crippen LogP contribution >= 0.6 is 0 Å². The first kappa shape index (κ1) is 14.5. The van der Waals surface area contributed by atoms with Crippen LogP contribution in [0.5, 0.6) is 0 Å². The van der Waals surface area contributed by atoms with Crippen LogP contribution in [0.1, 0.15) is 6.92 Å². The molecule has 0 fully saturated rings. The van der Waals surface area contributed by atoms with E-state index in [4.69, 9.17) is 5.11 Å². The van der Waals surface area contributed by atoms with E-state index in [1.165, 1.54) is 6.20 Å². The number of aliphatic carboxylic acids is 1. The molecule has 0 aliphatic rings. The summed E-state index contributed by atoms with van der Waals surface area (Å²) in [4.78, 5) is 32.7. The van der Waals surface area contributed by atoms with Crippen LogP contribution in [-0.2, 0) is 16.1 Å². The van der Waals surface area contributed by atoms with Crippen molar-refractivity contribution < 1.29 is 19.5 Å². The highest BCUT2D eigenvalue weighted by Crippen LogP contribution is 2.03. The van der Waals surface area contributed by atoms with Crippen LogP contribution in [0.4, 0.5) is 10.5 Å². The monoisotopic (exact) mass is 269 g/mol. The van der Waals surface area contributed by atoms with E-state index in [2.05, 4.69) is 21.0 Å². The van der Waals surface area contributed by atoms with Gasteiger partial charge in [-0.25, -0.2) is 4.79 Å². The molecule has 104 valence electrons. The van der Waals surface area contributed by atoms with Crippen molar-refractivity contribution in [3.63, 3.8) is 0 Å². The SMILES string of the molecule is CCn1cc(NC(=O)NCC(=O)NCC(=O)O)cn1. The molecule has 19 heavy (non-hydrogen) atoms. The molecule has 4 N–H and O–H groups in total. The van der Waals surface area contributed by atoms with Crippen LogP contribution in [0.15, 0.2) is 12.4 Å². The average molecular weight is 269 g/mol. The topological polar surface area (TPSA) is 125 Å². The maximum Gasteiger partial charge on any atom is 0.322 e. The molecular weight excluding hydrogens is 254 g/mol. The number of carboxylic acid groups (broad SMARTS) is 1. The molecule has 9 nitrogen and oxygen atoms in total. The minimum atomic E-state index is -1.15. The molecule has 3 amide bonds. The Bertz CT molecular complexity index is 470. The number of aryl methyl sites for hydroxylation is 1. The zero-order valence-corrected chi connectivity index (χ0v) is 10.3. The number of carbonyl (C=O) groups excluding carboxylic acids is 2. The number of hydrogen-bond donors (Lipinski definition) is 4. The molecule has 1 aromatic heterocycles. The molecule has 0 bridgehead atoms. The predicted octanol–water partition coefficient (Wildman–Crippen LogP) is -0.775. The van der Waals surface area contributed by atoms with Gasteiger partial charge < -0.3 is 21.1 Å². The highest BCUT2D eigenvalue weighted by molar-refractivity contribution is 5.92. The Hall–Kier alpha value is -2.58. The van der Waals surface area contributed by atoms with Crippen molar-refractivity contribution in [2.24, 2.45) is 0 Å². The zero-order chi connectivity index (χ0) is 14.3. The summed E-state index contributed by atoms with van der Waals surface area (Å²) in [7, 11) is 0. The zero-order valence-electron chi connectivity index (χ0n) is 10.3. The van der Waals surface area contributed by atoms with E-state index in [9.17, 15) is 14.4 Å². The Balaban J connectivity index is 2.27. The van der Waals surface area contributed by atoms with E-state index in [-0.39, 0.29) is 6.54 Å². The lowest BCUT2D eigenvalue weighted by Gasteiger charge is -2.05. The van der Waals surface area contributed by atoms with Crippen LogP contribution in [0, 0.1) is 0 Å². The lowest BCUT2D eigenvalue weighted by atomic mass is 10.5. The van der Waals surface area contributed by atoms with E-state index in [1.54, 1.807) is 10.9 Å². The van der Waals surface area contributed by atoms with Crippen LogP contribution in [-0.4, -0.2) is 45.9 Å². The number of nitrogens with one attached hydrogen (secondary N) is 3. The first-order valence-corrected chi connectivity index (χ1v) is 5.57.